The Morgan fingerprint density at radius 1 is 1.20 bits per heavy atom. The van der Waals surface area contributed by atoms with Crippen LogP contribution >= 0.6 is 0 Å². The van der Waals surface area contributed by atoms with E-state index in [4.69, 9.17) is 0 Å². The van der Waals surface area contributed by atoms with E-state index in [-0.39, 0.29) is 0 Å². The third-order valence-electron chi connectivity index (χ3n) is 3.73. The van der Waals surface area contributed by atoms with Gasteiger partial charge in [-0.1, -0.05) is 30.3 Å². The lowest BCUT2D eigenvalue weighted by molar-refractivity contribution is 0.199. The van der Waals surface area contributed by atoms with E-state index in [1.165, 1.54) is 11.1 Å². The molecule has 3 rings (SSSR count). The second-order valence-electron chi connectivity index (χ2n) is 5.62. The molecule has 4 heteroatoms. The van der Waals surface area contributed by atoms with Crippen molar-refractivity contribution in [3.05, 3.63) is 53.9 Å². The normalized spacial score (nSPS) is 20.1. The van der Waals surface area contributed by atoms with Gasteiger partial charge < -0.3 is 5.32 Å². The standard InChI is InChI=1S/C16H22N4/c1-14-10-19(8-7-17-14)11-16-9-18-20(13-16)12-15-5-3-2-4-6-15/h2-6,9,13-14,17H,7-8,10-12H2,1H3/t14-/m0/s1. The molecule has 0 spiro atoms. The lowest BCUT2D eigenvalue weighted by Crippen LogP contribution is -2.48. The Labute approximate surface area is 120 Å². The van der Waals surface area contributed by atoms with E-state index < -0.39 is 0 Å². The third kappa shape index (κ3) is 3.46. The Balaban J connectivity index is 1.59. The first-order valence-electron chi connectivity index (χ1n) is 7.30. The molecule has 4 nitrogen and oxygen atoms in total. The Morgan fingerprint density at radius 2 is 2.05 bits per heavy atom. The van der Waals surface area contributed by atoms with Crippen LogP contribution in [0.4, 0.5) is 0 Å². The Hall–Kier alpha value is -1.65. The number of nitrogens with zero attached hydrogens (tertiary/aromatic N) is 3. The topological polar surface area (TPSA) is 33.1 Å². The molecule has 0 unspecified atom stereocenters. The lowest BCUT2D eigenvalue weighted by Gasteiger charge is -2.31. The second-order valence-corrected chi connectivity index (χ2v) is 5.62. The quantitative estimate of drug-likeness (QED) is 0.918. The van der Waals surface area contributed by atoms with Gasteiger partial charge in [-0.3, -0.25) is 9.58 Å². The molecule has 1 fully saturated rings. The highest BCUT2D eigenvalue weighted by atomic mass is 15.3. The average molecular weight is 270 g/mol. The van der Waals surface area contributed by atoms with Crippen molar-refractivity contribution in [2.75, 3.05) is 19.6 Å². The molecule has 1 saturated heterocycles. The van der Waals surface area contributed by atoms with Crippen LogP contribution in [0, 0.1) is 0 Å². The van der Waals surface area contributed by atoms with Gasteiger partial charge in [0.15, 0.2) is 0 Å². The van der Waals surface area contributed by atoms with Crippen molar-refractivity contribution in [2.24, 2.45) is 0 Å². The predicted molar refractivity (Wildman–Crippen MR) is 80.5 cm³/mol. The summed E-state index contributed by atoms with van der Waals surface area (Å²) in [6.07, 6.45) is 4.16. The van der Waals surface area contributed by atoms with Crippen molar-refractivity contribution in [1.82, 2.24) is 20.0 Å². The Bertz CT molecular complexity index is 534. The zero-order valence-corrected chi connectivity index (χ0v) is 12.0. The van der Waals surface area contributed by atoms with Gasteiger partial charge in [-0.05, 0) is 12.5 Å². The van der Waals surface area contributed by atoms with E-state index in [0.717, 1.165) is 32.7 Å². The molecule has 1 aromatic carbocycles. The molecule has 2 heterocycles. The smallest absolute Gasteiger partial charge is 0.0659 e. The number of rotatable bonds is 4. The SMILES string of the molecule is C[C@H]1CN(Cc2cnn(Cc3ccccc3)c2)CCN1. The Kier molecular flexibility index (Phi) is 4.14. The molecular weight excluding hydrogens is 248 g/mol. The molecule has 0 bridgehead atoms. The number of benzene rings is 1. The van der Waals surface area contributed by atoms with Crippen molar-refractivity contribution < 1.29 is 0 Å². The first-order chi connectivity index (χ1) is 9.79. The van der Waals surface area contributed by atoms with E-state index in [1.807, 2.05) is 16.9 Å². The summed E-state index contributed by atoms with van der Waals surface area (Å²) < 4.78 is 2.02. The van der Waals surface area contributed by atoms with Crippen LogP contribution in [0.2, 0.25) is 0 Å². The molecule has 0 radical (unpaired) electrons. The lowest BCUT2D eigenvalue weighted by atomic mass is 10.2. The molecular formula is C16H22N4. The second kappa shape index (κ2) is 6.20. The highest BCUT2D eigenvalue weighted by Crippen LogP contribution is 2.08. The fourth-order valence-electron chi connectivity index (χ4n) is 2.76. The van der Waals surface area contributed by atoms with Crippen molar-refractivity contribution in [1.29, 1.82) is 0 Å². The summed E-state index contributed by atoms with van der Waals surface area (Å²) in [4.78, 5) is 2.49. The van der Waals surface area contributed by atoms with E-state index in [0.29, 0.717) is 6.04 Å². The molecule has 0 aliphatic carbocycles. The van der Waals surface area contributed by atoms with Crippen LogP contribution in [-0.4, -0.2) is 40.4 Å². The van der Waals surface area contributed by atoms with E-state index in [1.54, 1.807) is 0 Å². The summed E-state index contributed by atoms with van der Waals surface area (Å²) in [5.74, 6) is 0. The maximum atomic E-state index is 4.47. The number of piperazine rings is 1. The molecule has 1 aromatic heterocycles. The van der Waals surface area contributed by atoms with Crippen LogP contribution in [0.3, 0.4) is 0 Å². The number of nitrogens with one attached hydrogen (secondary N) is 1. The van der Waals surface area contributed by atoms with Crippen LogP contribution in [0.5, 0.6) is 0 Å². The maximum absolute atomic E-state index is 4.47. The monoisotopic (exact) mass is 270 g/mol. The van der Waals surface area contributed by atoms with Crippen LogP contribution < -0.4 is 5.32 Å². The minimum atomic E-state index is 0.586. The first kappa shape index (κ1) is 13.3. The third-order valence-corrected chi connectivity index (χ3v) is 3.73. The minimum Gasteiger partial charge on any atom is -0.312 e. The molecule has 1 aliphatic rings. The van der Waals surface area contributed by atoms with Crippen LogP contribution in [0.25, 0.3) is 0 Å². The molecule has 1 atom stereocenters. The minimum absolute atomic E-state index is 0.586. The summed E-state index contributed by atoms with van der Waals surface area (Å²) in [5.41, 5.74) is 2.59. The molecule has 2 aromatic rings. The van der Waals surface area contributed by atoms with Gasteiger partial charge in [-0.15, -0.1) is 0 Å². The summed E-state index contributed by atoms with van der Waals surface area (Å²) in [6, 6.07) is 11.1. The van der Waals surface area contributed by atoms with Crippen molar-refractivity contribution in [3.63, 3.8) is 0 Å². The zero-order valence-electron chi connectivity index (χ0n) is 12.0. The number of hydrogen-bond acceptors (Lipinski definition) is 3. The molecule has 0 amide bonds. The van der Waals surface area contributed by atoms with Crippen LogP contribution in [0.15, 0.2) is 42.7 Å². The van der Waals surface area contributed by atoms with Gasteiger partial charge in [0.25, 0.3) is 0 Å². The Morgan fingerprint density at radius 3 is 2.85 bits per heavy atom. The van der Waals surface area contributed by atoms with Gasteiger partial charge in [0.05, 0.1) is 12.7 Å². The molecule has 0 saturated carbocycles. The highest BCUT2D eigenvalue weighted by Gasteiger charge is 2.15. The number of hydrogen-bond donors (Lipinski definition) is 1. The maximum Gasteiger partial charge on any atom is 0.0659 e. The fraction of sp³-hybridized carbons (Fsp3) is 0.438. The van der Waals surface area contributed by atoms with E-state index in [9.17, 15) is 0 Å². The predicted octanol–water partition coefficient (Wildman–Crippen LogP) is 1.73. The fourth-order valence-corrected chi connectivity index (χ4v) is 2.76. The van der Waals surface area contributed by atoms with E-state index in [2.05, 4.69) is 52.7 Å². The summed E-state index contributed by atoms with van der Waals surface area (Å²) in [5, 5.41) is 7.94. The van der Waals surface area contributed by atoms with Gasteiger partial charge in [-0.25, -0.2) is 0 Å². The highest BCUT2D eigenvalue weighted by molar-refractivity contribution is 5.15. The van der Waals surface area contributed by atoms with Crippen LogP contribution in [-0.2, 0) is 13.1 Å². The average Bonchev–Trinajstić information content (AvgIpc) is 2.87. The van der Waals surface area contributed by atoms with Gasteiger partial charge in [0.2, 0.25) is 0 Å². The molecule has 1 aliphatic heterocycles. The largest absolute Gasteiger partial charge is 0.312 e. The van der Waals surface area contributed by atoms with Gasteiger partial charge in [0, 0.05) is 44.0 Å². The van der Waals surface area contributed by atoms with Crippen molar-refractivity contribution >= 4 is 0 Å². The van der Waals surface area contributed by atoms with Crippen LogP contribution in [0.1, 0.15) is 18.1 Å². The van der Waals surface area contributed by atoms with Crippen molar-refractivity contribution in [2.45, 2.75) is 26.1 Å². The molecule has 1 N–H and O–H groups in total. The summed E-state index contributed by atoms with van der Waals surface area (Å²) in [6.45, 7) is 7.40. The summed E-state index contributed by atoms with van der Waals surface area (Å²) >= 11 is 0. The first-order valence-corrected chi connectivity index (χ1v) is 7.30. The molecule has 106 valence electrons. The summed E-state index contributed by atoms with van der Waals surface area (Å²) in [7, 11) is 0. The van der Waals surface area contributed by atoms with Crippen molar-refractivity contribution in [3.8, 4) is 0 Å². The van der Waals surface area contributed by atoms with Gasteiger partial charge in [-0.2, -0.15) is 5.10 Å². The number of aromatic nitrogens is 2. The zero-order chi connectivity index (χ0) is 13.8. The van der Waals surface area contributed by atoms with E-state index >= 15 is 0 Å². The van der Waals surface area contributed by atoms with Gasteiger partial charge in [0.1, 0.15) is 0 Å². The van der Waals surface area contributed by atoms with Gasteiger partial charge >= 0.3 is 0 Å². The molecule has 20 heavy (non-hydrogen) atoms.